The van der Waals surface area contributed by atoms with Crippen molar-refractivity contribution in [2.45, 2.75) is 38.1 Å². The van der Waals surface area contributed by atoms with Crippen LogP contribution in [0, 0.1) is 0 Å². The van der Waals surface area contributed by atoms with E-state index in [1.807, 2.05) is 24.1 Å². The van der Waals surface area contributed by atoms with E-state index in [4.69, 9.17) is 4.42 Å². The molecule has 1 heterocycles. The molecule has 1 aromatic heterocycles. The molecule has 156 valence electrons. The van der Waals surface area contributed by atoms with E-state index in [0.29, 0.717) is 12.3 Å². The van der Waals surface area contributed by atoms with E-state index in [1.54, 1.807) is 6.26 Å². The van der Waals surface area contributed by atoms with Gasteiger partial charge in [0, 0.05) is 30.8 Å². The molecule has 0 unspecified atom stereocenters. The molecule has 0 saturated heterocycles. The van der Waals surface area contributed by atoms with Gasteiger partial charge in [-0.05, 0) is 65.8 Å². The van der Waals surface area contributed by atoms with Crippen molar-refractivity contribution in [1.29, 1.82) is 0 Å². The van der Waals surface area contributed by atoms with Gasteiger partial charge in [-0.15, -0.1) is 0 Å². The number of hydrogen-bond acceptors (Lipinski definition) is 2. The molecule has 0 fully saturated rings. The Kier molecular flexibility index (Phi) is 5.11. The zero-order chi connectivity index (χ0) is 21.4. The van der Waals surface area contributed by atoms with E-state index in [9.17, 15) is 4.79 Å². The Balaban J connectivity index is 1.26. The summed E-state index contributed by atoms with van der Waals surface area (Å²) < 4.78 is 5.43. The first kappa shape index (κ1) is 19.6. The second-order valence-corrected chi connectivity index (χ2v) is 8.62. The fourth-order valence-corrected chi connectivity index (χ4v) is 4.88. The van der Waals surface area contributed by atoms with E-state index in [-0.39, 0.29) is 11.9 Å². The number of carbonyl (C=O) groups is 1. The summed E-state index contributed by atoms with van der Waals surface area (Å²) in [5, 5.41) is 1.11. The highest BCUT2D eigenvalue weighted by Gasteiger charge is 2.28. The van der Waals surface area contributed by atoms with Crippen molar-refractivity contribution in [2.24, 2.45) is 0 Å². The summed E-state index contributed by atoms with van der Waals surface area (Å²) in [5.41, 5.74) is 7.44. The quantitative estimate of drug-likeness (QED) is 0.368. The minimum Gasteiger partial charge on any atom is -0.464 e. The number of carbonyl (C=O) groups excluding carboxylic acids is 1. The molecule has 0 spiro atoms. The molecule has 5 rings (SSSR count). The molecule has 1 amide bonds. The second-order valence-electron chi connectivity index (χ2n) is 8.62. The van der Waals surface area contributed by atoms with Crippen molar-refractivity contribution >= 4 is 16.9 Å². The van der Waals surface area contributed by atoms with Gasteiger partial charge in [-0.25, -0.2) is 0 Å². The summed E-state index contributed by atoms with van der Waals surface area (Å²) in [5.74, 6) is 0.502. The monoisotopic (exact) mass is 409 g/mol. The van der Waals surface area contributed by atoms with E-state index < -0.39 is 0 Å². The predicted octanol–water partition coefficient (Wildman–Crippen LogP) is 6.41. The maximum atomic E-state index is 13.0. The Morgan fingerprint density at radius 1 is 0.968 bits per heavy atom. The Labute approximate surface area is 183 Å². The molecule has 0 N–H and O–H groups in total. The third kappa shape index (κ3) is 3.65. The van der Waals surface area contributed by atoms with Gasteiger partial charge in [0.2, 0.25) is 5.91 Å². The third-order valence-corrected chi connectivity index (χ3v) is 6.71. The maximum absolute atomic E-state index is 13.0. The van der Waals surface area contributed by atoms with Gasteiger partial charge in [0.05, 0.1) is 6.26 Å². The Morgan fingerprint density at radius 2 is 1.65 bits per heavy atom. The minimum atomic E-state index is 0.139. The summed E-state index contributed by atoms with van der Waals surface area (Å²) in [6, 6.07) is 25.6. The molecule has 1 aliphatic rings. The van der Waals surface area contributed by atoms with Crippen LogP contribution in [-0.2, 0) is 11.2 Å². The van der Waals surface area contributed by atoms with Gasteiger partial charge in [0.1, 0.15) is 5.58 Å². The van der Waals surface area contributed by atoms with Crippen LogP contribution in [0.3, 0.4) is 0 Å². The summed E-state index contributed by atoms with van der Waals surface area (Å²) in [7, 11) is 1.93. The van der Waals surface area contributed by atoms with Crippen molar-refractivity contribution in [2.75, 3.05) is 7.05 Å². The van der Waals surface area contributed by atoms with E-state index in [2.05, 4.69) is 67.6 Å². The topological polar surface area (TPSA) is 33.5 Å². The molecule has 0 saturated carbocycles. The minimum absolute atomic E-state index is 0.139. The van der Waals surface area contributed by atoms with Crippen LogP contribution >= 0.6 is 0 Å². The largest absolute Gasteiger partial charge is 0.464 e. The highest BCUT2D eigenvalue weighted by atomic mass is 16.3. The molecule has 0 radical (unpaired) electrons. The first-order valence-corrected chi connectivity index (χ1v) is 11.0. The van der Waals surface area contributed by atoms with Crippen LogP contribution in [0.2, 0.25) is 0 Å². The number of hydrogen-bond donors (Lipinski definition) is 0. The van der Waals surface area contributed by atoms with Gasteiger partial charge in [-0.3, -0.25) is 4.79 Å². The molecular weight excluding hydrogens is 382 g/mol. The normalized spacial score (nSPS) is 13.7. The lowest BCUT2D eigenvalue weighted by Crippen LogP contribution is -2.36. The first-order chi connectivity index (χ1) is 15.1. The number of benzene rings is 3. The number of nitrogens with zero attached hydrogens (tertiary/aromatic N) is 1. The fourth-order valence-electron chi connectivity index (χ4n) is 4.88. The van der Waals surface area contributed by atoms with E-state index in [1.165, 1.54) is 27.8 Å². The number of likely N-dealkylation sites (N-methyl/N-ethyl adjacent to an activating group) is 1. The number of furan rings is 1. The fraction of sp³-hybridized carbons (Fsp3) is 0.250. The summed E-state index contributed by atoms with van der Waals surface area (Å²) >= 11 is 0. The third-order valence-electron chi connectivity index (χ3n) is 6.71. The second kappa shape index (κ2) is 8.07. The number of rotatable bonds is 6. The van der Waals surface area contributed by atoms with Crippen LogP contribution in [0.15, 0.2) is 83.5 Å². The SMILES string of the molecule is C[C@@H](Cc1ccc2occc2c1)N(C)C(=O)CCC1c2ccccc2-c2ccccc21. The molecule has 3 heteroatoms. The Bertz CT molecular complexity index is 1190. The van der Waals surface area contributed by atoms with Gasteiger partial charge in [-0.2, -0.15) is 0 Å². The smallest absolute Gasteiger partial charge is 0.222 e. The van der Waals surface area contributed by atoms with Crippen LogP contribution in [0.5, 0.6) is 0 Å². The number of fused-ring (bicyclic) bond motifs is 4. The molecule has 1 atom stereocenters. The van der Waals surface area contributed by atoms with Crippen LogP contribution < -0.4 is 0 Å². The Hall–Kier alpha value is -3.33. The lowest BCUT2D eigenvalue weighted by Gasteiger charge is -2.26. The zero-order valence-corrected chi connectivity index (χ0v) is 18.0. The first-order valence-electron chi connectivity index (χ1n) is 11.0. The number of amides is 1. The molecule has 4 aromatic rings. The molecule has 3 nitrogen and oxygen atoms in total. The summed E-state index contributed by atoms with van der Waals surface area (Å²) in [6.07, 6.45) is 3.94. The van der Waals surface area contributed by atoms with Gasteiger partial charge in [0.25, 0.3) is 0 Å². The van der Waals surface area contributed by atoms with Crippen molar-refractivity contribution in [3.05, 3.63) is 95.7 Å². The molecule has 3 aromatic carbocycles. The summed E-state index contributed by atoms with van der Waals surface area (Å²) in [6.45, 7) is 2.12. The van der Waals surface area contributed by atoms with E-state index >= 15 is 0 Å². The average Bonchev–Trinajstić information content (AvgIpc) is 3.39. The standard InChI is InChI=1S/C28H27NO2/c1-19(17-20-11-13-27-21(18-20)15-16-31-27)29(2)28(30)14-12-26-24-9-5-3-7-22(24)23-8-4-6-10-25(23)26/h3-11,13,15-16,18-19,26H,12,14,17H2,1-2H3/t19-/m0/s1. The van der Waals surface area contributed by atoms with Crippen molar-refractivity contribution < 1.29 is 9.21 Å². The molecule has 0 aliphatic heterocycles. The molecular formula is C28H27NO2. The predicted molar refractivity (Wildman–Crippen MR) is 125 cm³/mol. The van der Waals surface area contributed by atoms with Crippen molar-refractivity contribution in [1.82, 2.24) is 4.90 Å². The van der Waals surface area contributed by atoms with Crippen LogP contribution in [0.4, 0.5) is 0 Å². The lowest BCUT2D eigenvalue weighted by molar-refractivity contribution is -0.131. The molecule has 1 aliphatic carbocycles. The lowest BCUT2D eigenvalue weighted by atomic mass is 9.92. The van der Waals surface area contributed by atoms with Crippen molar-refractivity contribution in [3.63, 3.8) is 0 Å². The highest BCUT2D eigenvalue weighted by molar-refractivity contribution is 5.80. The van der Waals surface area contributed by atoms with Gasteiger partial charge < -0.3 is 9.32 Å². The Morgan fingerprint density at radius 3 is 2.35 bits per heavy atom. The average molecular weight is 410 g/mol. The van der Waals surface area contributed by atoms with Crippen LogP contribution in [0.1, 0.15) is 42.4 Å². The van der Waals surface area contributed by atoms with Crippen LogP contribution in [0.25, 0.3) is 22.1 Å². The van der Waals surface area contributed by atoms with Gasteiger partial charge in [0.15, 0.2) is 0 Å². The van der Waals surface area contributed by atoms with Gasteiger partial charge >= 0.3 is 0 Å². The van der Waals surface area contributed by atoms with Gasteiger partial charge in [-0.1, -0.05) is 54.6 Å². The summed E-state index contributed by atoms with van der Waals surface area (Å²) in [4.78, 5) is 14.9. The molecule has 0 bridgehead atoms. The highest BCUT2D eigenvalue weighted by Crippen LogP contribution is 2.46. The zero-order valence-electron chi connectivity index (χ0n) is 18.0. The van der Waals surface area contributed by atoms with Crippen molar-refractivity contribution in [3.8, 4) is 11.1 Å². The van der Waals surface area contributed by atoms with E-state index in [0.717, 1.165) is 23.8 Å². The maximum Gasteiger partial charge on any atom is 0.222 e. The van der Waals surface area contributed by atoms with Crippen LogP contribution in [-0.4, -0.2) is 23.9 Å². The molecule has 31 heavy (non-hydrogen) atoms.